The van der Waals surface area contributed by atoms with Crippen LogP contribution >= 0.6 is 22.6 Å². The maximum atomic E-state index is 13.3. The monoisotopic (exact) mass is 566 g/mol. The molecule has 2 unspecified atom stereocenters. The van der Waals surface area contributed by atoms with Crippen molar-refractivity contribution in [2.24, 2.45) is 4.99 Å². The van der Waals surface area contributed by atoms with Crippen LogP contribution in [0.4, 0.5) is 15.3 Å². The Labute approximate surface area is 210 Å². The highest BCUT2D eigenvalue weighted by atomic mass is 127. The summed E-state index contributed by atoms with van der Waals surface area (Å²) >= 11 is 2.28. The van der Waals surface area contributed by atoms with E-state index >= 15 is 0 Å². The fourth-order valence-corrected chi connectivity index (χ4v) is 5.76. The van der Waals surface area contributed by atoms with Crippen molar-refractivity contribution in [2.45, 2.75) is 89.3 Å². The number of piperidine rings is 1. The number of urea groups is 1. The number of rotatable bonds is 5. The van der Waals surface area contributed by atoms with Crippen molar-refractivity contribution in [1.29, 1.82) is 0 Å². The minimum Gasteiger partial charge on any atom is -0.449 e. The lowest BCUT2D eigenvalue weighted by molar-refractivity contribution is 0.0680. The quantitative estimate of drug-likeness (QED) is 0.366. The van der Waals surface area contributed by atoms with Crippen molar-refractivity contribution < 1.29 is 14.3 Å². The van der Waals surface area contributed by atoms with E-state index in [1.54, 1.807) is 0 Å². The lowest BCUT2D eigenvalue weighted by atomic mass is 9.80. The third kappa shape index (κ3) is 5.15. The number of nitrogens with zero attached hydrogens (tertiary/aromatic N) is 3. The Balaban J connectivity index is 1.59. The number of nitrogens with one attached hydrogen (secondary N) is 1. The molecular weight excluding hydrogens is 531 g/mol. The summed E-state index contributed by atoms with van der Waals surface area (Å²) in [5.41, 5.74) is 0.289. The van der Waals surface area contributed by atoms with Gasteiger partial charge in [0.25, 0.3) is 0 Å². The number of amides is 3. The number of amidine groups is 1. The maximum Gasteiger partial charge on any atom is 0.409 e. The molecule has 2 atom stereocenters. The summed E-state index contributed by atoms with van der Waals surface area (Å²) in [5.74, 6) is 0.781. The average molecular weight is 566 g/mol. The molecule has 180 valence electrons. The Kier molecular flexibility index (Phi) is 7.81. The topological polar surface area (TPSA) is 74.2 Å². The average Bonchev–Trinajstić information content (AvgIpc) is 3.05. The number of likely N-dealkylation sites (tertiary alicyclic amines) is 1. The summed E-state index contributed by atoms with van der Waals surface area (Å²) in [6, 6.07) is 8.10. The van der Waals surface area contributed by atoms with Gasteiger partial charge in [-0.15, -0.1) is 0 Å². The van der Waals surface area contributed by atoms with Crippen molar-refractivity contribution in [3.8, 4) is 0 Å². The number of unbranched alkanes of at least 4 members (excludes halogenated alkanes) is 1. The number of benzene rings is 1. The SMILES string of the molecule is CCCCOC(=O)N1CCC2(CC1C)C(NC1CCCCC1)=NC(=O)N2c1ccc(I)cc1. The number of aliphatic imine (C=N–C) groups is 1. The number of halogens is 1. The van der Waals surface area contributed by atoms with E-state index in [2.05, 4.69) is 46.7 Å². The molecule has 3 amide bonds. The van der Waals surface area contributed by atoms with Crippen LogP contribution in [-0.4, -0.2) is 53.6 Å². The number of carbonyl (C=O) groups excluding carboxylic acids is 2. The first-order valence-corrected chi connectivity index (χ1v) is 13.4. The van der Waals surface area contributed by atoms with Crippen molar-refractivity contribution in [2.75, 3.05) is 18.1 Å². The molecule has 1 N–H and O–H groups in total. The van der Waals surface area contributed by atoms with Crippen molar-refractivity contribution in [3.05, 3.63) is 27.8 Å². The third-order valence-electron chi connectivity index (χ3n) is 7.19. The normalized spacial score (nSPS) is 26.0. The number of hydrogen-bond acceptors (Lipinski definition) is 4. The van der Waals surface area contributed by atoms with E-state index < -0.39 is 5.54 Å². The summed E-state index contributed by atoms with van der Waals surface area (Å²) in [7, 11) is 0. The molecule has 1 spiro atoms. The third-order valence-corrected chi connectivity index (χ3v) is 7.91. The smallest absolute Gasteiger partial charge is 0.409 e. The standard InChI is InChI=1S/C25H35IN4O3/c1-3-4-16-33-24(32)29-15-14-25(17-18(29)2)22(27-20-8-6-5-7-9-20)28-23(31)30(25)21-12-10-19(26)11-13-21/h10-13,18,20H,3-9,14-17H2,1-2H3,(H,27,28,31). The van der Waals surface area contributed by atoms with Crippen LogP contribution in [0.1, 0.15) is 71.6 Å². The molecule has 0 aromatic heterocycles. The summed E-state index contributed by atoms with van der Waals surface area (Å²) in [5, 5.41) is 3.68. The maximum absolute atomic E-state index is 13.3. The van der Waals surface area contributed by atoms with E-state index in [1.807, 2.05) is 34.1 Å². The second-order valence-corrected chi connectivity index (χ2v) is 10.8. The fourth-order valence-electron chi connectivity index (χ4n) is 5.40. The molecule has 1 aliphatic carbocycles. The first-order chi connectivity index (χ1) is 15.9. The van der Waals surface area contributed by atoms with Gasteiger partial charge in [-0.25, -0.2) is 9.59 Å². The second-order valence-electron chi connectivity index (χ2n) is 9.53. The summed E-state index contributed by atoms with van der Waals surface area (Å²) in [6.45, 7) is 5.12. The summed E-state index contributed by atoms with van der Waals surface area (Å²) in [4.78, 5) is 34.2. The van der Waals surface area contributed by atoms with E-state index in [4.69, 9.17) is 4.74 Å². The van der Waals surface area contributed by atoms with Crippen molar-refractivity contribution in [3.63, 3.8) is 0 Å². The number of hydrogen-bond donors (Lipinski definition) is 1. The zero-order chi connectivity index (χ0) is 23.4. The van der Waals surface area contributed by atoms with Gasteiger partial charge in [-0.1, -0.05) is 32.6 Å². The highest BCUT2D eigenvalue weighted by Crippen LogP contribution is 2.41. The Bertz CT molecular complexity index is 884. The number of anilines is 1. The molecule has 1 aromatic carbocycles. The molecule has 33 heavy (non-hydrogen) atoms. The first kappa shape index (κ1) is 24.3. The van der Waals surface area contributed by atoms with Crippen LogP contribution in [0.2, 0.25) is 0 Å². The van der Waals surface area contributed by atoms with Crippen LogP contribution in [0.3, 0.4) is 0 Å². The van der Waals surface area contributed by atoms with Crippen LogP contribution < -0.4 is 10.2 Å². The van der Waals surface area contributed by atoms with Gasteiger partial charge in [0.05, 0.1) is 6.61 Å². The first-order valence-electron chi connectivity index (χ1n) is 12.3. The predicted molar refractivity (Wildman–Crippen MR) is 139 cm³/mol. The van der Waals surface area contributed by atoms with Crippen LogP contribution in [0, 0.1) is 3.57 Å². The molecule has 8 heteroatoms. The van der Waals surface area contributed by atoms with Crippen LogP contribution in [0.25, 0.3) is 0 Å². The lowest BCUT2D eigenvalue weighted by Gasteiger charge is -2.48. The Morgan fingerprint density at radius 2 is 1.97 bits per heavy atom. The highest BCUT2D eigenvalue weighted by Gasteiger charge is 2.54. The van der Waals surface area contributed by atoms with Gasteiger partial charge in [-0.05, 0) is 85.9 Å². The molecule has 1 aromatic rings. The summed E-state index contributed by atoms with van der Waals surface area (Å²) in [6.07, 6.45) is 8.78. The molecule has 7 nitrogen and oxygen atoms in total. The molecular formula is C25H35IN4O3. The molecule has 0 bridgehead atoms. The molecule has 4 rings (SSSR count). The van der Waals surface area contributed by atoms with Gasteiger partial charge < -0.3 is 15.0 Å². The van der Waals surface area contributed by atoms with Crippen LogP contribution in [0.5, 0.6) is 0 Å². The van der Waals surface area contributed by atoms with Crippen molar-refractivity contribution >= 4 is 46.2 Å². The molecule has 1 saturated heterocycles. The lowest BCUT2D eigenvalue weighted by Crippen LogP contribution is -2.64. The Hall–Kier alpha value is -1.84. The fraction of sp³-hybridized carbons (Fsp3) is 0.640. The molecule has 2 fully saturated rings. The number of ether oxygens (including phenoxy) is 1. The van der Waals surface area contributed by atoms with Gasteiger partial charge in [0.15, 0.2) is 0 Å². The Morgan fingerprint density at radius 1 is 1.24 bits per heavy atom. The molecule has 2 aliphatic heterocycles. The highest BCUT2D eigenvalue weighted by molar-refractivity contribution is 14.1. The molecule has 0 radical (unpaired) electrons. The van der Waals surface area contributed by atoms with E-state index in [0.717, 1.165) is 40.8 Å². The molecule has 1 saturated carbocycles. The minimum atomic E-state index is -0.569. The predicted octanol–water partition coefficient (Wildman–Crippen LogP) is 5.71. The van der Waals surface area contributed by atoms with Gasteiger partial charge in [0.2, 0.25) is 0 Å². The minimum absolute atomic E-state index is 0.0662. The van der Waals surface area contributed by atoms with Gasteiger partial charge in [-0.3, -0.25) is 4.90 Å². The van der Waals surface area contributed by atoms with E-state index in [0.29, 0.717) is 32.0 Å². The van der Waals surface area contributed by atoms with Crippen LogP contribution in [-0.2, 0) is 4.74 Å². The molecule has 2 heterocycles. The zero-order valence-corrected chi connectivity index (χ0v) is 21.8. The van der Waals surface area contributed by atoms with E-state index in [9.17, 15) is 9.59 Å². The van der Waals surface area contributed by atoms with Gasteiger partial charge in [0, 0.05) is 27.9 Å². The summed E-state index contributed by atoms with van der Waals surface area (Å²) < 4.78 is 6.62. The Morgan fingerprint density at radius 3 is 2.64 bits per heavy atom. The largest absolute Gasteiger partial charge is 0.449 e. The zero-order valence-electron chi connectivity index (χ0n) is 19.7. The van der Waals surface area contributed by atoms with Gasteiger partial charge in [-0.2, -0.15) is 4.99 Å². The number of carbonyl (C=O) groups is 2. The second kappa shape index (κ2) is 10.6. The van der Waals surface area contributed by atoms with Gasteiger partial charge in [0.1, 0.15) is 11.4 Å². The van der Waals surface area contributed by atoms with Crippen LogP contribution in [0.15, 0.2) is 29.3 Å². The van der Waals surface area contributed by atoms with E-state index in [-0.39, 0.29) is 18.2 Å². The molecule has 3 aliphatic rings. The van der Waals surface area contributed by atoms with Gasteiger partial charge >= 0.3 is 12.1 Å². The van der Waals surface area contributed by atoms with Crippen molar-refractivity contribution in [1.82, 2.24) is 10.2 Å². The van der Waals surface area contributed by atoms with E-state index in [1.165, 1.54) is 19.3 Å².